The van der Waals surface area contributed by atoms with Crippen molar-refractivity contribution in [2.24, 2.45) is 0 Å². The molecule has 0 spiro atoms. The summed E-state index contributed by atoms with van der Waals surface area (Å²) in [5.74, 6) is 0.921. The molecule has 2 aromatic rings. The van der Waals surface area contributed by atoms with Crippen molar-refractivity contribution in [3.63, 3.8) is 0 Å². The molecule has 1 aliphatic heterocycles. The highest BCUT2D eigenvalue weighted by Crippen LogP contribution is 2.26. The smallest absolute Gasteiger partial charge is 0.243 e. The lowest BCUT2D eigenvalue weighted by molar-refractivity contribution is 0.178. The van der Waals surface area contributed by atoms with Crippen molar-refractivity contribution in [1.82, 2.24) is 19.2 Å². The van der Waals surface area contributed by atoms with Crippen molar-refractivity contribution < 1.29 is 8.42 Å². The Morgan fingerprint density at radius 3 is 2.62 bits per heavy atom. The van der Waals surface area contributed by atoms with Crippen LogP contribution < -0.4 is 0 Å². The number of hydrogen-bond donors (Lipinski definition) is 1. The molecular formula is C17H22N4O2S. The fraction of sp³-hybridized carbons (Fsp3) is 0.471. The number of fused-ring (bicyclic) bond motifs is 1. The lowest BCUT2D eigenvalue weighted by atomic mass is 10.1. The minimum Gasteiger partial charge on any atom is -0.348 e. The average Bonchev–Trinajstić information content (AvgIpc) is 3.25. The van der Waals surface area contributed by atoms with Crippen LogP contribution >= 0.6 is 0 Å². The Labute approximate surface area is 142 Å². The Morgan fingerprint density at radius 2 is 1.88 bits per heavy atom. The van der Waals surface area contributed by atoms with Crippen LogP contribution in [0.2, 0.25) is 0 Å². The number of nitrogens with one attached hydrogen (secondary N) is 1. The topological polar surface area (TPSA) is 69.3 Å². The van der Waals surface area contributed by atoms with Crippen molar-refractivity contribution in [3.8, 4) is 0 Å². The number of aryl methyl sites for hydroxylation is 2. The van der Waals surface area contributed by atoms with Crippen LogP contribution in [0.4, 0.5) is 0 Å². The van der Waals surface area contributed by atoms with Crippen LogP contribution in [0.25, 0.3) is 0 Å². The average molecular weight is 346 g/mol. The van der Waals surface area contributed by atoms with Crippen LogP contribution in [-0.4, -0.2) is 53.8 Å². The van der Waals surface area contributed by atoms with Gasteiger partial charge in [0.15, 0.2) is 0 Å². The normalized spacial score (nSPS) is 19.5. The summed E-state index contributed by atoms with van der Waals surface area (Å²) in [7, 11) is -3.39. The summed E-state index contributed by atoms with van der Waals surface area (Å²) in [5.41, 5.74) is 2.50. The van der Waals surface area contributed by atoms with Gasteiger partial charge in [0.1, 0.15) is 5.82 Å². The number of sulfonamides is 1. The van der Waals surface area contributed by atoms with Gasteiger partial charge in [-0.3, -0.25) is 4.90 Å². The number of aromatic nitrogens is 2. The molecule has 1 saturated heterocycles. The van der Waals surface area contributed by atoms with Crippen molar-refractivity contribution in [1.29, 1.82) is 0 Å². The summed E-state index contributed by atoms with van der Waals surface area (Å²) in [5, 5.41) is 0. The van der Waals surface area contributed by atoms with Gasteiger partial charge in [-0.25, -0.2) is 13.4 Å². The second-order valence-corrected chi connectivity index (χ2v) is 8.44. The predicted octanol–water partition coefficient (Wildman–Crippen LogP) is 1.40. The maximum atomic E-state index is 12.9. The predicted molar refractivity (Wildman–Crippen MR) is 91.1 cm³/mol. The Morgan fingerprint density at radius 1 is 1.08 bits per heavy atom. The van der Waals surface area contributed by atoms with Gasteiger partial charge < -0.3 is 4.98 Å². The third-order valence-corrected chi connectivity index (χ3v) is 6.86. The van der Waals surface area contributed by atoms with E-state index in [9.17, 15) is 8.42 Å². The molecule has 2 heterocycles. The SMILES string of the molecule is O=S(=O)(c1ccc2c(c1)CCC2)N1CCN(Cc2ncc[nH]2)CC1. The third kappa shape index (κ3) is 2.99. The second-order valence-electron chi connectivity index (χ2n) is 6.50. The molecule has 0 saturated carbocycles. The third-order valence-electron chi connectivity index (χ3n) is 4.97. The quantitative estimate of drug-likeness (QED) is 0.909. The fourth-order valence-corrected chi connectivity index (χ4v) is 5.06. The fourth-order valence-electron chi connectivity index (χ4n) is 3.58. The first-order valence-corrected chi connectivity index (χ1v) is 9.89. The van der Waals surface area contributed by atoms with Crippen LogP contribution in [0, 0.1) is 0 Å². The van der Waals surface area contributed by atoms with E-state index in [2.05, 4.69) is 14.9 Å². The van der Waals surface area contributed by atoms with Crippen molar-refractivity contribution in [2.75, 3.05) is 26.2 Å². The van der Waals surface area contributed by atoms with E-state index in [-0.39, 0.29) is 0 Å². The molecule has 1 aromatic carbocycles. The number of piperazine rings is 1. The molecule has 1 fully saturated rings. The zero-order valence-electron chi connectivity index (χ0n) is 13.6. The molecule has 7 heteroatoms. The highest BCUT2D eigenvalue weighted by atomic mass is 32.2. The van der Waals surface area contributed by atoms with Crippen molar-refractivity contribution >= 4 is 10.0 Å². The summed E-state index contributed by atoms with van der Waals surface area (Å²) in [4.78, 5) is 10.00. The van der Waals surface area contributed by atoms with Gasteiger partial charge in [0.25, 0.3) is 0 Å². The highest BCUT2D eigenvalue weighted by Gasteiger charge is 2.29. The first kappa shape index (κ1) is 15.8. The number of aromatic amines is 1. The van der Waals surface area contributed by atoms with Gasteiger partial charge in [-0.2, -0.15) is 4.31 Å². The number of rotatable bonds is 4. The molecule has 0 bridgehead atoms. The zero-order valence-corrected chi connectivity index (χ0v) is 14.4. The monoisotopic (exact) mass is 346 g/mol. The van der Waals surface area contributed by atoms with E-state index < -0.39 is 10.0 Å². The number of imidazole rings is 1. The van der Waals surface area contributed by atoms with Crippen molar-refractivity contribution in [2.45, 2.75) is 30.7 Å². The van der Waals surface area contributed by atoms with Gasteiger partial charge in [0.05, 0.1) is 11.4 Å². The Hall–Kier alpha value is -1.70. The lowest BCUT2D eigenvalue weighted by Gasteiger charge is -2.33. The van der Waals surface area contributed by atoms with E-state index in [0.29, 0.717) is 18.0 Å². The van der Waals surface area contributed by atoms with Gasteiger partial charge in [-0.05, 0) is 42.5 Å². The molecule has 1 aliphatic carbocycles. The molecular weight excluding hydrogens is 324 g/mol. The van der Waals surface area contributed by atoms with Crippen LogP contribution in [0.15, 0.2) is 35.5 Å². The van der Waals surface area contributed by atoms with Crippen LogP contribution in [0.3, 0.4) is 0 Å². The van der Waals surface area contributed by atoms with E-state index >= 15 is 0 Å². The molecule has 0 unspecified atom stereocenters. The van der Waals surface area contributed by atoms with Gasteiger partial charge in [0.2, 0.25) is 10.0 Å². The Bertz CT molecular complexity index is 809. The number of H-pyrrole nitrogens is 1. The number of benzene rings is 1. The Kier molecular flexibility index (Phi) is 4.15. The summed E-state index contributed by atoms with van der Waals surface area (Å²) < 4.78 is 27.4. The zero-order chi connectivity index (χ0) is 16.6. The van der Waals surface area contributed by atoms with E-state index in [4.69, 9.17) is 0 Å². The minimum absolute atomic E-state index is 0.447. The van der Waals surface area contributed by atoms with Gasteiger partial charge >= 0.3 is 0 Å². The molecule has 4 rings (SSSR count). The first-order valence-electron chi connectivity index (χ1n) is 8.45. The van der Waals surface area contributed by atoms with Crippen molar-refractivity contribution in [3.05, 3.63) is 47.5 Å². The minimum atomic E-state index is -3.39. The summed E-state index contributed by atoms with van der Waals surface area (Å²) in [6.07, 6.45) is 6.74. The Balaban J connectivity index is 1.44. The largest absolute Gasteiger partial charge is 0.348 e. The van der Waals surface area contributed by atoms with E-state index in [1.54, 1.807) is 16.6 Å². The van der Waals surface area contributed by atoms with E-state index in [1.165, 1.54) is 11.1 Å². The number of nitrogens with zero attached hydrogens (tertiary/aromatic N) is 3. The molecule has 2 aliphatic rings. The molecule has 24 heavy (non-hydrogen) atoms. The second kappa shape index (κ2) is 6.31. The maximum absolute atomic E-state index is 12.9. The lowest BCUT2D eigenvalue weighted by Crippen LogP contribution is -2.48. The summed E-state index contributed by atoms with van der Waals surface area (Å²) in [6.45, 7) is 3.25. The van der Waals surface area contributed by atoms with Crippen LogP contribution in [0.5, 0.6) is 0 Å². The molecule has 128 valence electrons. The highest BCUT2D eigenvalue weighted by molar-refractivity contribution is 7.89. The van der Waals surface area contributed by atoms with Gasteiger partial charge in [-0.15, -0.1) is 0 Å². The molecule has 1 aromatic heterocycles. The summed E-state index contributed by atoms with van der Waals surface area (Å²) >= 11 is 0. The molecule has 0 radical (unpaired) electrons. The standard InChI is InChI=1S/C17H22N4O2S/c22-24(23,16-5-4-14-2-1-3-15(14)12-16)21-10-8-20(9-11-21)13-17-18-6-7-19-17/h4-7,12H,1-3,8-11,13H2,(H,18,19). The molecule has 1 N–H and O–H groups in total. The molecule has 0 amide bonds. The maximum Gasteiger partial charge on any atom is 0.243 e. The van der Waals surface area contributed by atoms with Gasteiger partial charge in [-0.1, -0.05) is 6.07 Å². The van der Waals surface area contributed by atoms with Gasteiger partial charge in [0, 0.05) is 38.6 Å². The number of hydrogen-bond acceptors (Lipinski definition) is 4. The van der Waals surface area contributed by atoms with E-state index in [0.717, 1.165) is 44.7 Å². The van der Waals surface area contributed by atoms with Crippen LogP contribution in [-0.2, 0) is 29.4 Å². The first-order chi connectivity index (χ1) is 11.6. The van der Waals surface area contributed by atoms with Crippen LogP contribution in [0.1, 0.15) is 23.4 Å². The van der Waals surface area contributed by atoms with E-state index in [1.807, 2.05) is 18.3 Å². The molecule has 0 atom stereocenters. The summed E-state index contributed by atoms with van der Waals surface area (Å²) in [6, 6.07) is 5.64. The molecule has 6 nitrogen and oxygen atoms in total.